The zero-order chi connectivity index (χ0) is 14.5. The Labute approximate surface area is 118 Å². The zero-order valence-electron chi connectivity index (χ0n) is 11.9. The molecule has 0 aromatic carbocycles. The second-order valence-electron chi connectivity index (χ2n) is 4.71. The SMILES string of the molecule is CCNC(C)(CCCSc1nnc(C)n1C)C(=O)O. The largest absolute Gasteiger partial charge is 0.480 e. The van der Waals surface area contributed by atoms with E-state index in [1.54, 1.807) is 18.7 Å². The van der Waals surface area contributed by atoms with Crippen molar-refractivity contribution in [2.45, 2.75) is 44.3 Å². The molecule has 19 heavy (non-hydrogen) atoms. The monoisotopic (exact) mass is 286 g/mol. The van der Waals surface area contributed by atoms with E-state index >= 15 is 0 Å². The minimum atomic E-state index is -0.842. The molecular formula is C12H22N4O2S. The van der Waals surface area contributed by atoms with Crippen LogP contribution < -0.4 is 5.32 Å². The number of hydrogen-bond donors (Lipinski definition) is 2. The van der Waals surface area contributed by atoms with Crippen molar-refractivity contribution in [3.05, 3.63) is 5.82 Å². The Morgan fingerprint density at radius 3 is 2.68 bits per heavy atom. The average Bonchev–Trinajstić information content (AvgIpc) is 2.66. The summed E-state index contributed by atoms with van der Waals surface area (Å²) in [5.74, 6) is 0.916. The number of aliphatic carboxylic acids is 1. The van der Waals surface area contributed by atoms with Crippen LogP contribution in [0, 0.1) is 6.92 Å². The first-order chi connectivity index (χ1) is 8.90. The molecule has 1 atom stereocenters. The average molecular weight is 286 g/mol. The molecule has 0 saturated carbocycles. The number of carboxylic acid groups (broad SMARTS) is 1. The predicted molar refractivity (Wildman–Crippen MR) is 75.4 cm³/mol. The molecule has 6 nitrogen and oxygen atoms in total. The minimum Gasteiger partial charge on any atom is -0.480 e. The molecular weight excluding hydrogens is 264 g/mol. The predicted octanol–water partition coefficient (Wildman–Crippen LogP) is 1.45. The van der Waals surface area contributed by atoms with Crippen LogP contribution in [0.1, 0.15) is 32.5 Å². The second-order valence-corrected chi connectivity index (χ2v) is 5.77. The van der Waals surface area contributed by atoms with Crippen LogP contribution in [0.4, 0.5) is 0 Å². The molecule has 0 saturated heterocycles. The standard InChI is InChI=1S/C12H22N4O2S/c1-5-13-12(3,10(17)18)7-6-8-19-11-15-14-9(2)16(11)4/h13H,5-8H2,1-4H3,(H,17,18). The topological polar surface area (TPSA) is 80.0 Å². The summed E-state index contributed by atoms with van der Waals surface area (Å²) < 4.78 is 1.94. The van der Waals surface area contributed by atoms with Crippen molar-refractivity contribution in [1.29, 1.82) is 0 Å². The number of likely N-dealkylation sites (N-methyl/N-ethyl adjacent to an activating group) is 1. The molecule has 0 amide bonds. The highest BCUT2D eigenvalue weighted by Crippen LogP contribution is 2.20. The van der Waals surface area contributed by atoms with Gasteiger partial charge in [-0.3, -0.25) is 4.79 Å². The Morgan fingerprint density at radius 1 is 1.53 bits per heavy atom. The Balaban J connectivity index is 2.41. The number of aromatic nitrogens is 3. The molecule has 0 fully saturated rings. The van der Waals surface area contributed by atoms with E-state index in [2.05, 4.69) is 15.5 Å². The van der Waals surface area contributed by atoms with Crippen LogP contribution in [0.3, 0.4) is 0 Å². The Kier molecular flexibility index (Phi) is 5.81. The molecule has 7 heteroatoms. The van der Waals surface area contributed by atoms with Crippen molar-refractivity contribution in [3.8, 4) is 0 Å². The van der Waals surface area contributed by atoms with Gasteiger partial charge in [0.05, 0.1) is 0 Å². The number of hydrogen-bond acceptors (Lipinski definition) is 5. The quantitative estimate of drug-likeness (QED) is 0.556. The highest BCUT2D eigenvalue weighted by atomic mass is 32.2. The first kappa shape index (κ1) is 16.0. The molecule has 1 unspecified atom stereocenters. The van der Waals surface area contributed by atoms with Crippen molar-refractivity contribution in [3.63, 3.8) is 0 Å². The van der Waals surface area contributed by atoms with Crippen molar-refractivity contribution in [2.24, 2.45) is 7.05 Å². The molecule has 0 spiro atoms. The first-order valence-electron chi connectivity index (χ1n) is 6.38. The Hall–Kier alpha value is -1.08. The van der Waals surface area contributed by atoms with E-state index in [9.17, 15) is 9.90 Å². The molecule has 0 aliphatic heterocycles. The summed E-state index contributed by atoms with van der Waals surface area (Å²) in [7, 11) is 1.93. The molecule has 108 valence electrons. The van der Waals surface area contributed by atoms with E-state index in [0.29, 0.717) is 13.0 Å². The van der Waals surface area contributed by atoms with Crippen LogP contribution in [0.15, 0.2) is 5.16 Å². The fourth-order valence-electron chi connectivity index (χ4n) is 1.76. The van der Waals surface area contributed by atoms with Crippen molar-refractivity contribution in [2.75, 3.05) is 12.3 Å². The number of carboxylic acids is 1. The Morgan fingerprint density at radius 2 is 2.21 bits per heavy atom. The molecule has 0 radical (unpaired) electrons. The van der Waals surface area contributed by atoms with Crippen molar-refractivity contribution in [1.82, 2.24) is 20.1 Å². The van der Waals surface area contributed by atoms with E-state index in [0.717, 1.165) is 23.2 Å². The van der Waals surface area contributed by atoms with Gasteiger partial charge in [-0.05, 0) is 33.2 Å². The molecule has 0 bridgehead atoms. The lowest BCUT2D eigenvalue weighted by atomic mass is 9.96. The van der Waals surface area contributed by atoms with Gasteiger partial charge in [0.15, 0.2) is 5.16 Å². The van der Waals surface area contributed by atoms with Crippen molar-refractivity contribution < 1.29 is 9.90 Å². The van der Waals surface area contributed by atoms with E-state index in [1.807, 2.05) is 25.5 Å². The molecule has 0 aliphatic carbocycles. The number of rotatable bonds is 8. The van der Waals surface area contributed by atoms with E-state index in [-0.39, 0.29) is 0 Å². The van der Waals surface area contributed by atoms with Crippen LogP contribution in [-0.4, -0.2) is 43.7 Å². The van der Waals surface area contributed by atoms with E-state index < -0.39 is 11.5 Å². The summed E-state index contributed by atoms with van der Waals surface area (Å²) in [5.41, 5.74) is -0.842. The van der Waals surface area contributed by atoms with Gasteiger partial charge in [0.25, 0.3) is 0 Å². The summed E-state index contributed by atoms with van der Waals surface area (Å²) in [4.78, 5) is 11.2. The normalized spacial score (nSPS) is 14.3. The zero-order valence-corrected chi connectivity index (χ0v) is 12.8. The van der Waals surface area contributed by atoms with Gasteiger partial charge in [-0.25, -0.2) is 0 Å². The highest BCUT2D eigenvalue weighted by Gasteiger charge is 2.31. The molecule has 1 aromatic rings. The maximum atomic E-state index is 11.2. The lowest BCUT2D eigenvalue weighted by molar-refractivity contribution is -0.144. The third-order valence-corrected chi connectivity index (χ3v) is 4.25. The maximum absolute atomic E-state index is 11.2. The van der Waals surface area contributed by atoms with Gasteiger partial charge >= 0.3 is 5.97 Å². The summed E-state index contributed by atoms with van der Waals surface area (Å²) in [5, 5.41) is 21.2. The number of aryl methyl sites for hydroxylation is 1. The van der Waals surface area contributed by atoms with Gasteiger partial charge in [0.1, 0.15) is 11.4 Å². The summed E-state index contributed by atoms with van der Waals surface area (Å²) in [6, 6.07) is 0. The summed E-state index contributed by atoms with van der Waals surface area (Å²) >= 11 is 1.61. The van der Waals surface area contributed by atoms with Crippen LogP contribution in [-0.2, 0) is 11.8 Å². The third-order valence-electron chi connectivity index (χ3n) is 3.14. The van der Waals surface area contributed by atoms with Gasteiger partial charge in [-0.15, -0.1) is 10.2 Å². The lowest BCUT2D eigenvalue weighted by Crippen LogP contribution is -2.49. The van der Waals surface area contributed by atoms with Crippen LogP contribution in [0.5, 0.6) is 0 Å². The highest BCUT2D eigenvalue weighted by molar-refractivity contribution is 7.99. The molecule has 1 rings (SSSR count). The van der Waals surface area contributed by atoms with Gasteiger partial charge in [0.2, 0.25) is 0 Å². The van der Waals surface area contributed by atoms with Gasteiger partial charge in [0, 0.05) is 12.8 Å². The number of nitrogens with zero attached hydrogens (tertiary/aromatic N) is 3. The van der Waals surface area contributed by atoms with Gasteiger partial charge < -0.3 is 15.0 Å². The van der Waals surface area contributed by atoms with Crippen LogP contribution in [0.25, 0.3) is 0 Å². The second kappa shape index (κ2) is 6.91. The number of thioether (sulfide) groups is 1. The summed E-state index contributed by atoms with van der Waals surface area (Å²) in [6.45, 7) is 6.20. The van der Waals surface area contributed by atoms with Crippen LogP contribution in [0.2, 0.25) is 0 Å². The van der Waals surface area contributed by atoms with E-state index in [4.69, 9.17) is 0 Å². The smallest absolute Gasteiger partial charge is 0.323 e. The number of carbonyl (C=O) groups is 1. The molecule has 1 aromatic heterocycles. The molecule has 0 aliphatic rings. The first-order valence-corrected chi connectivity index (χ1v) is 7.36. The Bertz CT molecular complexity index is 435. The van der Waals surface area contributed by atoms with Gasteiger partial charge in [-0.1, -0.05) is 18.7 Å². The van der Waals surface area contributed by atoms with E-state index in [1.165, 1.54) is 0 Å². The molecule has 2 N–H and O–H groups in total. The van der Waals surface area contributed by atoms with Gasteiger partial charge in [-0.2, -0.15) is 0 Å². The maximum Gasteiger partial charge on any atom is 0.323 e. The van der Waals surface area contributed by atoms with Crippen molar-refractivity contribution >= 4 is 17.7 Å². The fraction of sp³-hybridized carbons (Fsp3) is 0.750. The van der Waals surface area contributed by atoms with Crippen LogP contribution >= 0.6 is 11.8 Å². The lowest BCUT2D eigenvalue weighted by Gasteiger charge is -2.25. The third kappa shape index (κ3) is 4.21. The number of nitrogens with one attached hydrogen (secondary N) is 1. The fourth-order valence-corrected chi connectivity index (χ4v) is 2.66. The molecule has 1 heterocycles. The minimum absolute atomic E-state index is 0.597. The summed E-state index contributed by atoms with van der Waals surface area (Å²) in [6.07, 6.45) is 1.41.